The summed E-state index contributed by atoms with van der Waals surface area (Å²) in [7, 11) is 1.55. The SMILES string of the molecule is COCCCNC(=O)C(C)n1ccc(C(F)(F)F)n1. The first-order valence-corrected chi connectivity index (χ1v) is 5.75. The molecule has 0 aliphatic rings. The molecule has 0 aromatic carbocycles. The summed E-state index contributed by atoms with van der Waals surface area (Å²) < 4.78 is 42.9. The first-order valence-electron chi connectivity index (χ1n) is 5.75. The van der Waals surface area contributed by atoms with Crippen LogP contribution in [0.25, 0.3) is 0 Å². The van der Waals surface area contributed by atoms with E-state index in [1.54, 1.807) is 7.11 Å². The van der Waals surface area contributed by atoms with Gasteiger partial charge in [0.05, 0.1) is 0 Å². The molecule has 1 aromatic rings. The van der Waals surface area contributed by atoms with Gasteiger partial charge in [0.15, 0.2) is 5.69 Å². The lowest BCUT2D eigenvalue weighted by Crippen LogP contribution is -2.32. The maximum Gasteiger partial charge on any atom is 0.435 e. The second-order valence-electron chi connectivity index (χ2n) is 3.99. The van der Waals surface area contributed by atoms with Crippen LogP contribution in [0.1, 0.15) is 25.1 Å². The van der Waals surface area contributed by atoms with Crippen LogP contribution in [0, 0.1) is 0 Å². The van der Waals surface area contributed by atoms with Gasteiger partial charge in [-0.1, -0.05) is 0 Å². The molecule has 5 nitrogen and oxygen atoms in total. The van der Waals surface area contributed by atoms with Gasteiger partial charge in [0.25, 0.3) is 0 Å². The lowest BCUT2D eigenvalue weighted by molar-refractivity contribution is -0.142. The Kier molecular flexibility index (Phi) is 5.34. The van der Waals surface area contributed by atoms with Gasteiger partial charge in [0, 0.05) is 26.5 Å². The quantitative estimate of drug-likeness (QED) is 0.805. The Hall–Kier alpha value is -1.57. The summed E-state index contributed by atoms with van der Waals surface area (Å²) in [6.45, 7) is 2.40. The van der Waals surface area contributed by atoms with Crippen LogP contribution in [0.5, 0.6) is 0 Å². The third-order valence-electron chi connectivity index (χ3n) is 2.50. The number of ether oxygens (including phenoxy) is 1. The molecule has 1 unspecified atom stereocenters. The molecular formula is C11H16F3N3O2. The first kappa shape index (κ1) is 15.5. The Morgan fingerprint density at radius 3 is 2.79 bits per heavy atom. The molecule has 1 heterocycles. The molecular weight excluding hydrogens is 263 g/mol. The van der Waals surface area contributed by atoms with Gasteiger partial charge in [-0.25, -0.2) is 0 Å². The number of halogens is 3. The summed E-state index contributed by atoms with van der Waals surface area (Å²) in [6.07, 6.45) is -2.72. The van der Waals surface area contributed by atoms with Crippen molar-refractivity contribution in [2.45, 2.75) is 25.6 Å². The van der Waals surface area contributed by atoms with E-state index >= 15 is 0 Å². The number of carbonyl (C=O) groups is 1. The standard InChI is InChI=1S/C11H16F3N3O2/c1-8(10(18)15-5-3-7-19-2)17-6-4-9(16-17)11(12,13)14/h4,6,8H,3,5,7H2,1-2H3,(H,15,18). The molecule has 0 aliphatic heterocycles. The van der Waals surface area contributed by atoms with E-state index in [9.17, 15) is 18.0 Å². The molecule has 0 radical (unpaired) electrons. The van der Waals surface area contributed by atoms with Crippen molar-refractivity contribution in [3.63, 3.8) is 0 Å². The van der Waals surface area contributed by atoms with Crippen molar-refractivity contribution in [3.8, 4) is 0 Å². The third kappa shape index (κ3) is 4.55. The highest BCUT2D eigenvalue weighted by Gasteiger charge is 2.34. The van der Waals surface area contributed by atoms with E-state index in [0.29, 0.717) is 19.6 Å². The van der Waals surface area contributed by atoms with Gasteiger partial charge in [-0.05, 0) is 19.4 Å². The van der Waals surface area contributed by atoms with E-state index in [1.165, 1.54) is 6.92 Å². The van der Waals surface area contributed by atoms with Crippen LogP contribution in [0.2, 0.25) is 0 Å². The van der Waals surface area contributed by atoms with E-state index in [4.69, 9.17) is 4.74 Å². The Labute approximate surface area is 108 Å². The fourth-order valence-corrected chi connectivity index (χ4v) is 1.40. The molecule has 0 saturated heterocycles. The van der Waals surface area contributed by atoms with Crippen molar-refractivity contribution in [1.29, 1.82) is 0 Å². The van der Waals surface area contributed by atoms with Crippen LogP contribution in [0.3, 0.4) is 0 Å². The number of alkyl halides is 3. The van der Waals surface area contributed by atoms with Crippen molar-refractivity contribution in [1.82, 2.24) is 15.1 Å². The van der Waals surface area contributed by atoms with E-state index in [1.807, 2.05) is 0 Å². The first-order chi connectivity index (χ1) is 8.86. The molecule has 1 rings (SSSR count). The number of hydrogen-bond acceptors (Lipinski definition) is 3. The number of hydrogen-bond donors (Lipinski definition) is 1. The Bertz CT molecular complexity index is 418. The number of nitrogens with one attached hydrogen (secondary N) is 1. The highest BCUT2D eigenvalue weighted by Crippen LogP contribution is 2.27. The number of methoxy groups -OCH3 is 1. The Morgan fingerprint density at radius 1 is 1.58 bits per heavy atom. The van der Waals surface area contributed by atoms with Gasteiger partial charge in [0.2, 0.25) is 5.91 Å². The second kappa shape index (κ2) is 6.55. The van der Waals surface area contributed by atoms with Crippen LogP contribution < -0.4 is 5.32 Å². The lowest BCUT2D eigenvalue weighted by Gasteiger charge is -2.12. The minimum Gasteiger partial charge on any atom is -0.385 e. The molecule has 0 aliphatic carbocycles. The molecule has 1 N–H and O–H groups in total. The zero-order valence-electron chi connectivity index (χ0n) is 10.7. The Balaban J connectivity index is 2.55. The van der Waals surface area contributed by atoms with Crippen molar-refractivity contribution in [2.24, 2.45) is 0 Å². The van der Waals surface area contributed by atoms with Crippen molar-refractivity contribution >= 4 is 5.91 Å². The second-order valence-corrected chi connectivity index (χ2v) is 3.99. The molecule has 19 heavy (non-hydrogen) atoms. The predicted molar refractivity (Wildman–Crippen MR) is 61.4 cm³/mol. The van der Waals surface area contributed by atoms with Crippen molar-refractivity contribution < 1.29 is 22.7 Å². The van der Waals surface area contributed by atoms with Crippen LogP contribution >= 0.6 is 0 Å². The van der Waals surface area contributed by atoms with Gasteiger partial charge < -0.3 is 10.1 Å². The minimum atomic E-state index is -4.50. The fourth-order valence-electron chi connectivity index (χ4n) is 1.40. The van der Waals surface area contributed by atoms with Crippen molar-refractivity contribution in [3.05, 3.63) is 18.0 Å². The van der Waals surface area contributed by atoms with E-state index in [0.717, 1.165) is 16.9 Å². The summed E-state index contributed by atoms with van der Waals surface area (Å²) in [5.74, 6) is -0.382. The maximum atomic E-state index is 12.4. The van der Waals surface area contributed by atoms with E-state index in [2.05, 4.69) is 10.4 Å². The molecule has 1 atom stereocenters. The highest BCUT2D eigenvalue weighted by atomic mass is 19.4. The average molecular weight is 279 g/mol. The zero-order chi connectivity index (χ0) is 14.5. The van der Waals surface area contributed by atoms with Crippen LogP contribution in [0.4, 0.5) is 13.2 Å². The van der Waals surface area contributed by atoms with Crippen molar-refractivity contribution in [2.75, 3.05) is 20.3 Å². The summed E-state index contributed by atoms with van der Waals surface area (Å²) in [5, 5.41) is 5.96. The zero-order valence-corrected chi connectivity index (χ0v) is 10.7. The van der Waals surface area contributed by atoms with Gasteiger partial charge in [0.1, 0.15) is 6.04 Å². The minimum absolute atomic E-state index is 0.382. The Morgan fingerprint density at radius 2 is 2.26 bits per heavy atom. The molecule has 0 fully saturated rings. The number of rotatable bonds is 6. The van der Waals surface area contributed by atoms with E-state index in [-0.39, 0.29) is 5.91 Å². The average Bonchev–Trinajstić information content (AvgIpc) is 2.82. The van der Waals surface area contributed by atoms with Gasteiger partial charge in [-0.15, -0.1) is 0 Å². The summed E-state index contributed by atoms with van der Waals surface area (Å²) in [4.78, 5) is 11.7. The lowest BCUT2D eigenvalue weighted by atomic mass is 10.3. The van der Waals surface area contributed by atoms with E-state index < -0.39 is 17.9 Å². The molecule has 0 bridgehead atoms. The van der Waals surface area contributed by atoms with Gasteiger partial charge in [-0.3, -0.25) is 9.48 Å². The van der Waals surface area contributed by atoms with Gasteiger partial charge in [-0.2, -0.15) is 18.3 Å². The number of amides is 1. The summed E-state index contributed by atoms with van der Waals surface area (Å²) in [5.41, 5.74) is -1.01. The molecule has 0 spiro atoms. The molecule has 108 valence electrons. The number of carbonyl (C=O) groups excluding carboxylic acids is 1. The van der Waals surface area contributed by atoms with Crippen LogP contribution in [-0.2, 0) is 15.7 Å². The largest absolute Gasteiger partial charge is 0.435 e. The number of nitrogens with zero attached hydrogens (tertiary/aromatic N) is 2. The fraction of sp³-hybridized carbons (Fsp3) is 0.636. The molecule has 1 amide bonds. The normalized spacial score (nSPS) is 13.3. The topological polar surface area (TPSA) is 56.1 Å². The predicted octanol–water partition coefficient (Wildman–Crippen LogP) is 1.62. The molecule has 8 heteroatoms. The third-order valence-corrected chi connectivity index (χ3v) is 2.50. The highest BCUT2D eigenvalue weighted by molar-refractivity contribution is 5.79. The maximum absolute atomic E-state index is 12.4. The monoisotopic (exact) mass is 279 g/mol. The summed E-state index contributed by atoms with van der Waals surface area (Å²) in [6, 6.07) is 0.0490. The van der Waals surface area contributed by atoms with Gasteiger partial charge >= 0.3 is 6.18 Å². The van der Waals surface area contributed by atoms with Crippen LogP contribution in [-0.4, -0.2) is 35.9 Å². The number of aromatic nitrogens is 2. The summed E-state index contributed by atoms with van der Waals surface area (Å²) >= 11 is 0. The molecule has 1 aromatic heterocycles. The molecule has 0 saturated carbocycles. The van der Waals surface area contributed by atoms with Crippen LogP contribution in [0.15, 0.2) is 12.3 Å². The smallest absolute Gasteiger partial charge is 0.385 e.